The zero-order valence-electron chi connectivity index (χ0n) is 12.0. The van der Waals surface area contributed by atoms with Crippen molar-refractivity contribution in [2.24, 2.45) is 5.92 Å². The van der Waals surface area contributed by atoms with Gasteiger partial charge < -0.3 is 10.4 Å². The molecule has 3 unspecified atom stereocenters. The summed E-state index contributed by atoms with van der Waals surface area (Å²) in [6.07, 6.45) is 3.80. The number of hydrazine groups is 1. The van der Waals surface area contributed by atoms with E-state index < -0.39 is 11.9 Å². The van der Waals surface area contributed by atoms with Gasteiger partial charge in [-0.05, 0) is 33.1 Å². The number of piperidine rings is 1. The molecule has 0 radical (unpaired) electrons. The lowest BCUT2D eigenvalue weighted by Crippen LogP contribution is -2.56. The van der Waals surface area contributed by atoms with Gasteiger partial charge in [0, 0.05) is 18.6 Å². The van der Waals surface area contributed by atoms with E-state index in [9.17, 15) is 9.59 Å². The van der Waals surface area contributed by atoms with Crippen LogP contribution in [0.3, 0.4) is 0 Å². The second-order valence-electron chi connectivity index (χ2n) is 5.43. The molecule has 0 aliphatic carbocycles. The number of hydrogen-bond donors (Lipinski definition) is 3. The van der Waals surface area contributed by atoms with Crippen molar-refractivity contribution in [1.82, 2.24) is 15.8 Å². The number of urea groups is 1. The Kier molecular flexibility index (Phi) is 6.08. The lowest BCUT2D eigenvalue weighted by atomic mass is 10.00. The molecule has 6 heteroatoms. The van der Waals surface area contributed by atoms with Crippen molar-refractivity contribution < 1.29 is 14.7 Å². The van der Waals surface area contributed by atoms with Gasteiger partial charge in [-0.2, -0.15) is 0 Å². The highest BCUT2D eigenvalue weighted by Gasteiger charge is 2.25. The molecule has 0 saturated carbocycles. The largest absolute Gasteiger partial charge is 0.481 e. The van der Waals surface area contributed by atoms with Gasteiger partial charge in [-0.15, -0.1) is 0 Å². The molecule has 6 nitrogen and oxygen atoms in total. The molecule has 3 atom stereocenters. The molecule has 0 bridgehead atoms. The Hall–Kier alpha value is -1.30. The number of hydrogen-bond acceptors (Lipinski definition) is 3. The molecule has 0 spiro atoms. The molecule has 19 heavy (non-hydrogen) atoms. The third-order valence-electron chi connectivity index (χ3n) is 3.71. The summed E-state index contributed by atoms with van der Waals surface area (Å²) in [6, 6.07) is 0.429. The number of carboxylic acids is 1. The van der Waals surface area contributed by atoms with Gasteiger partial charge in [0.15, 0.2) is 0 Å². The van der Waals surface area contributed by atoms with Gasteiger partial charge in [-0.3, -0.25) is 10.2 Å². The average Bonchev–Trinajstić information content (AvgIpc) is 2.33. The van der Waals surface area contributed by atoms with E-state index in [1.807, 2.05) is 5.01 Å². The Morgan fingerprint density at radius 2 is 1.89 bits per heavy atom. The highest BCUT2D eigenvalue weighted by Crippen LogP contribution is 2.19. The van der Waals surface area contributed by atoms with Crippen LogP contribution in [-0.2, 0) is 4.79 Å². The van der Waals surface area contributed by atoms with Crippen molar-refractivity contribution in [3.63, 3.8) is 0 Å². The van der Waals surface area contributed by atoms with Crippen LogP contribution in [0.25, 0.3) is 0 Å². The molecule has 110 valence electrons. The summed E-state index contributed by atoms with van der Waals surface area (Å²) >= 11 is 0. The van der Waals surface area contributed by atoms with Crippen LogP contribution in [0.2, 0.25) is 0 Å². The van der Waals surface area contributed by atoms with E-state index in [1.165, 1.54) is 6.42 Å². The molecule has 3 N–H and O–H groups in total. The molecule has 1 heterocycles. The van der Waals surface area contributed by atoms with Crippen molar-refractivity contribution in [3.8, 4) is 0 Å². The van der Waals surface area contributed by atoms with E-state index >= 15 is 0 Å². The fourth-order valence-corrected chi connectivity index (χ4v) is 2.32. The number of carbonyl (C=O) groups is 2. The Balaban J connectivity index is 2.28. The summed E-state index contributed by atoms with van der Waals surface area (Å²) in [5.74, 6) is -1.27. The molecule has 0 aromatic carbocycles. The second-order valence-corrected chi connectivity index (χ2v) is 5.43. The van der Waals surface area contributed by atoms with Gasteiger partial charge in [0.25, 0.3) is 0 Å². The van der Waals surface area contributed by atoms with Crippen LogP contribution in [0.4, 0.5) is 4.79 Å². The topological polar surface area (TPSA) is 81.7 Å². The third-order valence-corrected chi connectivity index (χ3v) is 3.71. The predicted octanol–water partition coefficient (Wildman–Crippen LogP) is 1.57. The van der Waals surface area contributed by atoms with Crippen LogP contribution in [0.15, 0.2) is 0 Å². The van der Waals surface area contributed by atoms with Crippen molar-refractivity contribution in [1.29, 1.82) is 0 Å². The van der Waals surface area contributed by atoms with Crippen molar-refractivity contribution in [2.75, 3.05) is 6.54 Å². The van der Waals surface area contributed by atoms with Crippen molar-refractivity contribution >= 4 is 12.0 Å². The first-order chi connectivity index (χ1) is 8.91. The van der Waals surface area contributed by atoms with Gasteiger partial charge >= 0.3 is 12.0 Å². The summed E-state index contributed by atoms with van der Waals surface area (Å²) in [5.41, 5.74) is 2.86. The van der Waals surface area contributed by atoms with Gasteiger partial charge in [-0.1, -0.05) is 13.3 Å². The minimum absolute atomic E-state index is 0.252. The molecule has 1 aliphatic rings. The monoisotopic (exact) mass is 271 g/mol. The number of carbonyl (C=O) groups excluding carboxylic acids is 1. The molecular weight excluding hydrogens is 246 g/mol. The summed E-state index contributed by atoms with van der Waals surface area (Å²) in [6.45, 7) is 6.21. The van der Waals surface area contributed by atoms with Crippen LogP contribution in [-0.4, -0.2) is 40.7 Å². The minimum Gasteiger partial charge on any atom is -0.481 e. The van der Waals surface area contributed by atoms with Gasteiger partial charge in [0.05, 0.1) is 5.92 Å². The van der Waals surface area contributed by atoms with E-state index in [1.54, 1.807) is 6.92 Å². The Morgan fingerprint density at radius 3 is 2.42 bits per heavy atom. The fourth-order valence-electron chi connectivity index (χ4n) is 2.32. The quantitative estimate of drug-likeness (QED) is 0.709. The van der Waals surface area contributed by atoms with E-state index in [2.05, 4.69) is 24.6 Å². The van der Waals surface area contributed by atoms with Crippen LogP contribution in [0.5, 0.6) is 0 Å². The van der Waals surface area contributed by atoms with Crippen LogP contribution in [0.1, 0.15) is 46.5 Å². The standard InChI is InChI=1S/C13H25N3O3/c1-9(12(17)18)7-8-14-13(19)15-16-10(2)5-4-6-11(16)3/h9-11H,4-8H2,1-3H3,(H,17,18)(H2,14,15,19). The summed E-state index contributed by atoms with van der Waals surface area (Å²) in [4.78, 5) is 22.4. The number of amides is 2. The molecule has 1 saturated heterocycles. The minimum atomic E-state index is -0.833. The van der Waals surface area contributed by atoms with Gasteiger partial charge in [0.2, 0.25) is 0 Å². The van der Waals surface area contributed by atoms with E-state index in [0.717, 1.165) is 12.8 Å². The molecule has 2 amide bonds. The number of nitrogens with zero attached hydrogens (tertiary/aromatic N) is 1. The number of nitrogens with one attached hydrogen (secondary N) is 2. The molecule has 1 rings (SSSR count). The molecule has 1 fully saturated rings. The summed E-state index contributed by atoms with van der Waals surface area (Å²) in [7, 11) is 0. The number of carboxylic acid groups (broad SMARTS) is 1. The molecule has 0 aromatic rings. The maximum Gasteiger partial charge on any atom is 0.329 e. The summed E-state index contributed by atoms with van der Waals surface area (Å²) in [5, 5.41) is 13.4. The smallest absolute Gasteiger partial charge is 0.329 e. The number of rotatable bonds is 5. The van der Waals surface area contributed by atoms with Crippen molar-refractivity contribution in [3.05, 3.63) is 0 Å². The highest BCUT2D eigenvalue weighted by molar-refractivity contribution is 5.73. The van der Waals surface area contributed by atoms with E-state index in [-0.39, 0.29) is 6.03 Å². The highest BCUT2D eigenvalue weighted by atomic mass is 16.4. The van der Waals surface area contributed by atoms with Crippen molar-refractivity contribution in [2.45, 2.75) is 58.5 Å². The molecule has 0 aromatic heterocycles. The van der Waals surface area contributed by atoms with E-state index in [0.29, 0.717) is 25.0 Å². The zero-order valence-corrected chi connectivity index (χ0v) is 12.0. The Morgan fingerprint density at radius 1 is 1.32 bits per heavy atom. The zero-order chi connectivity index (χ0) is 14.4. The second kappa shape index (κ2) is 7.33. The first kappa shape index (κ1) is 15.8. The molecule has 1 aliphatic heterocycles. The fraction of sp³-hybridized carbons (Fsp3) is 0.846. The normalized spacial score (nSPS) is 25.6. The first-order valence-electron chi connectivity index (χ1n) is 6.97. The number of aliphatic carboxylic acids is 1. The SMILES string of the molecule is CC(CCNC(=O)NN1C(C)CCCC1C)C(=O)O. The molecular formula is C13H25N3O3. The van der Waals surface area contributed by atoms with Gasteiger partial charge in [0.1, 0.15) is 0 Å². The average molecular weight is 271 g/mol. The third kappa shape index (κ3) is 5.06. The predicted molar refractivity (Wildman–Crippen MR) is 72.6 cm³/mol. The van der Waals surface area contributed by atoms with E-state index in [4.69, 9.17) is 5.11 Å². The maximum absolute atomic E-state index is 11.7. The van der Waals surface area contributed by atoms with Gasteiger partial charge in [-0.25, -0.2) is 9.80 Å². The summed E-state index contributed by atoms with van der Waals surface area (Å²) < 4.78 is 0. The van der Waals surface area contributed by atoms with Crippen LogP contribution >= 0.6 is 0 Å². The van der Waals surface area contributed by atoms with Crippen LogP contribution in [0, 0.1) is 5.92 Å². The Bertz CT molecular complexity index is 312. The maximum atomic E-state index is 11.7. The lowest BCUT2D eigenvalue weighted by Gasteiger charge is -2.38. The Labute approximate surface area is 114 Å². The lowest BCUT2D eigenvalue weighted by molar-refractivity contribution is -0.141. The first-order valence-corrected chi connectivity index (χ1v) is 6.97. The van der Waals surface area contributed by atoms with Crippen LogP contribution < -0.4 is 10.7 Å².